The number of aryl methyl sites for hydroxylation is 1. The van der Waals surface area contributed by atoms with E-state index < -0.39 is 0 Å². The fraction of sp³-hybridized carbons (Fsp3) is 0.360. The minimum absolute atomic E-state index is 0.0346. The van der Waals surface area contributed by atoms with Crippen LogP contribution in [0.4, 0.5) is 0 Å². The number of piperidine rings is 1. The molecule has 0 radical (unpaired) electrons. The fourth-order valence-electron chi connectivity index (χ4n) is 4.17. The van der Waals surface area contributed by atoms with Crippen molar-refractivity contribution in [3.63, 3.8) is 0 Å². The van der Waals surface area contributed by atoms with Gasteiger partial charge in [0.2, 0.25) is 5.91 Å². The molecule has 1 aliphatic heterocycles. The van der Waals surface area contributed by atoms with E-state index in [-0.39, 0.29) is 23.8 Å². The minimum Gasteiger partial charge on any atom is -0.469 e. The molecule has 1 atom stereocenters. The van der Waals surface area contributed by atoms with Crippen molar-refractivity contribution in [3.8, 4) is 0 Å². The molecular weight excluding hydrogens is 376 g/mol. The molecule has 0 unspecified atom stereocenters. The summed E-state index contributed by atoms with van der Waals surface area (Å²) in [6.45, 7) is 3.25. The number of rotatable bonds is 6. The molecule has 1 aromatic heterocycles. The summed E-state index contributed by atoms with van der Waals surface area (Å²) >= 11 is 0. The molecule has 3 aromatic rings. The van der Waals surface area contributed by atoms with Crippen molar-refractivity contribution in [3.05, 3.63) is 72.2 Å². The first kappa shape index (κ1) is 20.2. The maximum atomic E-state index is 13.1. The molecule has 5 heteroatoms. The lowest BCUT2D eigenvalue weighted by Gasteiger charge is -2.32. The lowest BCUT2D eigenvalue weighted by molar-refractivity contribution is -0.126. The van der Waals surface area contributed by atoms with Gasteiger partial charge in [0.25, 0.3) is 5.91 Å². The first-order valence-corrected chi connectivity index (χ1v) is 10.7. The highest BCUT2D eigenvalue weighted by atomic mass is 16.3. The Hall–Kier alpha value is -3.08. The van der Waals surface area contributed by atoms with Crippen LogP contribution in [0, 0.1) is 5.92 Å². The molecule has 1 fully saturated rings. The number of furan rings is 1. The predicted molar refractivity (Wildman–Crippen MR) is 117 cm³/mol. The van der Waals surface area contributed by atoms with Gasteiger partial charge in [-0.05, 0) is 55.2 Å². The summed E-state index contributed by atoms with van der Waals surface area (Å²) in [4.78, 5) is 27.6. The lowest BCUT2D eigenvalue weighted by atomic mass is 9.94. The van der Waals surface area contributed by atoms with Gasteiger partial charge in [0.1, 0.15) is 5.76 Å². The topological polar surface area (TPSA) is 62.6 Å². The number of benzene rings is 2. The molecule has 4 rings (SSSR count). The molecule has 0 bridgehead atoms. The second kappa shape index (κ2) is 9.16. The van der Waals surface area contributed by atoms with E-state index in [4.69, 9.17) is 4.42 Å². The first-order valence-electron chi connectivity index (χ1n) is 10.7. The molecule has 0 aliphatic carbocycles. The number of fused-ring (bicyclic) bond motifs is 1. The zero-order valence-electron chi connectivity index (χ0n) is 17.3. The standard InChI is InChI=1S/C25H28N2O3/c1-18(11-12-21-8-5-17-30-21)26-24(28)20-13-15-27(16-14-20)25(29)23-10-4-7-19-6-2-3-9-22(19)23/h2-10,17-18,20H,11-16H2,1H3,(H,26,28)/t18-/m1/s1. The number of nitrogens with zero attached hydrogens (tertiary/aromatic N) is 1. The molecular formula is C25H28N2O3. The zero-order chi connectivity index (χ0) is 20.9. The van der Waals surface area contributed by atoms with E-state index in [2.05, 4.69) is 5.32 Å². The first-order chi connectivity index (χ1) is 14.6. The molecule has 1 aliphatic rings. The maximum Gasteiger partial charge on any atom is 0.254 e. The number of likely N-dealkylation sites (tertiary alicyclic amines) is 1. The number of hydrogen-bond donors (Lipinski definition) is 1. The van der Waals surface area contributed by atoms with Crippen molar-refractivity contribution >= 4 is 22.6 Å². The van der Waals surface area contributed by atoms with Crippen molar-refractivity contribution in [1.29, 1.82) is 0 Å². The van der Waals surface area contributed by atoms with Gasteiger partial charge in [-0.1, -0.05) is 36.4 Å². The Labute approximate surface area is 177 Å². The van der Waals surface area contributed by atoms with Gasteiger partial charge in [-0.2, -0.15) is 0 Å². The van der Waals surface area contributed by atoms with Gasteiger partial charge in [0.15, 0.2) is 0 Å². The molecule has 2 aromatic carbocycles. The quantitative estimate of drug-likeness (QED) is 0.661. The normalized spacial score (nSPS) is 15.8. The van der Waals surface area contributed by atoms with Crippen LogP contribution in [0.3, 0.4) is 0 Å². The van der Waals surface area contributed by atoms with Gasteiger partial charge in [0, 0.05) is 37.0 Å². The highest BCUT2D eigenvalue weighted by Gasteiger charge is 2.28. The molecule has 0 spiro atoms. The smallest absolute Gasteiger partial charge is 0.254 e. The van der Waals surface area contributed by atoms with Crippen molar-refractivity contribution < 1.29 is 14.0 Å². The number of amides is 2. The van der Waals surface area contributed by atoms with Crippen molar-refractivity contribution in [1.82, 2.24) is 10.2 Å². The van der Waals surface area contributed by atoms with Gasteiger partial charge in [-0.15, -0.1) is 0 Å². The third kappa shape index (κ3) is 4.56. The van der Waals surface area contributed by atoms with Crippen LogP contribution in [0.5, 0.6) is 0 Å². The maximum absolute atomic E-state index is 13.1. The van der Waals surface area contributed by atoms with Gasteiger partial charge < -0.3 is 14.6 Å². The zero-order valence-corrected chi connectivity index (χ0v) is 17.3. The average Bonchev–Trinajstić information content (AvgIpc) is 3.31. The monoisotopic (exact) mass is 404 g/mol. The van der Waals surface area contributed by atoms with Gasteiger partial charge >= 0.3 is 0 Å². The predicted octanol–water partition coefficient (Wildman–Crippen LogP) is 4.42. The Bertz CT molecular complexity index is 999. The number of carbonyl (C=O) groups excluding carboxylic acids is 2. The van der Waals surface area contributed by atoms with Gasteiger partial charge in [0.05, 0.1) is 6.26 Å². The number of hydrogen-bond acceptors (Lipinski definition) is 3. The van der Waals surface area contributed by atoms with Crippen LogP contribution in [-0.4, -0.2) is 35.8 Å². The Balaban J connectivity index is 1.30. The van der Waals surface area contributed by atoms with Crippen molar-refractivity contribution in [2.45, 2.75) is 38.6 Å². The Kier molecular flexibility index (Phi) is 6.17. The second-order valence-corrected chi connectivity index (χ2v) is 8.12. The Morgan fingerprint density at radius 3 is 2.60 bits per heavy atom. The fourth-order valence-corrected chi connectivity index (χ4v) is 4.17. The molecule has 2 heterocycles. The van der Waals surface area contributed by atoms with Gasteiger partial charge in [-0.3, -0.25) is 9.59 Å². The SMILES string of the molecule is C[C@H](CCc1ccco1)NC(=O)C1CCN(C(=O)c2cccc3ccccc23)CC1. The summed E-state index contributed by atoms with van der Waals surface area (Å²) < 4.78 is 5.35. The van der Waals surface area contributed by atoms with E-state index in [1.54, 1.807) is 6.26 Å². The van der Waals surface area contributed by atoms with E-state index in [0.29, 0.717) is 25.9 Å². The number of carbonyl (C=O) groups is 2. The molecule has 30 heavy (non-hydrogen) atoms. The third-order valence-electron chi connectivity index (χ3n) is 5.97. The van der Waals surface area contributed by atoms with Crippen LogP contribution in [0.1, 0.15) is 42.3 Å². The number of nitrogens with one attached hydrogen (secondary N) is 1. The summed E-state index contributed by atoms with van der Waals surface area (Å²) in [7, 11) is 0. The van der Waals surface area contributed by atoms with Crippen LogP contribution in [0.25, 0.3) is 10.8 Å². The second-order valence-electron chi connectivity index (χ2n) is 8.12. The van der Waals surface area contributed by atoms with Crippen molar-refractivity contribution in [2.75, 3.05) is 13.1 Å². The minimum atomic E-state index is -0.0346. The van der Waals surface area contributed by atoms with E-state index >= 15 is 0 Å². The van der Waals surface area contributed by atoms with Crippen LogP contribution < -0.4 is 5.32 Å². The summed E-state index contributed by atoms with van der Waals surface area (Å²) in [5, 5.41) is 5.18. The molecule has 1 saturated heterocycles. The van der Waals surface area contributed by atoms with E-state index in [0.717, 1.165) is 34.9 Å². The molecule has 2 amide bonds. The van der Waals surface area contributed by atoms with Crippen LogP contribution in [0.15, 0.2) is 65.3 Å². The van der Waals surface area contributed by atoms with E-state index in [9.17, 15) is 9.59 Å². The van der Waals surface area contributed by atoms with E-state index in [1.165, 1.54) is 0 Å². The molecule has 1 N–H and O–H groups in total. The summed E-state index contributed by atoms with van der Waals surface area (Å²) in [5.41, 5.74) is 0.738. The Morgan fingerprint density at radius 1 is 1.07 bits per heavy atom. The van der Waals surface area contributed by atoms with Gasteiger partial charge in [-0.25, -0.2) is 0 Å². The van der Waals surface area contributed by atoms with Crippen molar-refractivity contribution in [2.24, 2.45) is 5.92 Å². The summed E-state index contributed by atoms with van der Waals surface area (Å²) in [6.07, 6.45) is 4.73. The van der Waals surface area contributed by atoms with E-state index in [1.807, 2.05) is 66.4 Å². The average molecular weight is 405 g/mol. The molecule has 0 saturated carbocycles. The highest BCUT2D eigenvalue weighted by molar-refractivity contribution is 6.07. The largest absolute Gasteiger partial charge is 0.469 e. The molecule has 5 nitrogen and oxygen atoms in total. The third-order valence-corrected chi connectivity index (χ3v) is 5.97. The van der Waals surface area contributed by atoms with Crippen LogP contribution >= 0.6 is 0 Å². The molecule has 156 valence electrons. The highest BCUT2D eigenvalue weighted by Crippen LogP contribution is 2.24. The van der Waals surface area contributed by atoms with Crippen LogP contribution in [0.2, 0.25) is 0 Å². The summed E-state index contributed by atoms with van der Waals surface area (Å²) in [6, 6.07) is 17.7. The van der Waals surface area contributed by atoms with Crippen LogP contribution in [-0.2, 0) is 11.2 Å². The Morgan fingerprint density at radius 2 is 1.83 bits per heavy atom. The lowest BCUT2D eigenvalue weighted by Crippen LogP contribution is -2.45. The summed E-state index contributed by atoms with van der Waals surface area (Å²) in [5.74, 6) is 1.06.